The summed E-state index contributed by atoms with van der Waals surface area (Å²) in [5.41, 5.74) is 1.21. The second kappa shape index (κ2) is 9.72. The zero-order valence-electron chi connectivity index (χ0n) is 14.9. The third kappa shape index (κ3) is 5.42. The standard InChI is InChI=1S/C19H22N2O4S/c1-13(19(23)21-15-9-5-7-11-17(15)25-3)26-12-18(22)20-14-8-4-6-10-16(14)24-2/h4-11,13H,12H2,1-3H3,(H,20,22)(H,21,23)/t13-/m0/s1. The largest absolute Gasteiger partial charge is 0.495 e. The molecule has 0 radical (unpaired) electrons. The number of methoxy groups -OCH3 is 2. The fourth-order valence-corrected chi connectivity index (χ4v) is 2.88. The molecule has 0 fully saturated rings. The fraction of sp³-hybridized carbons (Fsp3) is 0.263. The van der Waals surface area contributed by atoms with Crippen molar-refractivity contribution in [1.29, 1.82) is 0 Å². The average Bonchev–Trinajstić information content (AvgIpc) is 2.66. The molecule has 2 aromatic carbocycles. The van der Waals surface area contributed by atoms with Gasteiger partial charge in [0.15, 0.2) is 0 Å². The van der Waals surface area contributed by atoms with Crippen molar-refractivity contribution in [2.45, 2.75) is 12.2 Å². The predicted octanol–water partition coefficient (Wildman–Crippen LogP) is 3.40. The molecule has 0 aromatic heterocycles. The summed E-state index contributed by atoms with van der Waals surface area (Å²) < 4.78 is 10.4. The van der Waals surface area contributed by atoms with Gasteiger partial charge in [-0.3, -0.25) is 9.59 Å². The van der Waals surface area contributed by atoms with E-state index in [-0.39, 0.29) is 17.6 Å². The SMILES string of the molecule is COc1ccccc1NC(=O)CS[C@@H](C)C(=O)Nc1ccccc1OC. The van der Waals surface area contributed by atoms with Crippen LogP contribution >= 0.6 is 11.8 Å². The number of carbonyl (C=O) groups is 2. The van der Waals surface area contributed by atoms with Gasteiger partial charge in [0.05, 0.1) is 36.6 Å². The lowest BCUT2D eigenvalue weighted by Crippen LogP contribution is -2.25. The topological polar surface area (TPSA) is 76.7 Å². The van der Waals surface area contributed by atoms with E-state index in [9.17, 15) is 9.59 Å². The Morgan fingerprint density at radius 1 is 0.923 bits per heavy atom. The number of hydrogen-bond donors (Lipinski definition) is 2. The minimum atomic E-state index is -0.400. The van der Waals surface area contributed by atoms with Gasteiger partial charge in [-0.05, 0) is 31.2 Å². The van der Waals surface area contributed by atoms with Crippen molar-refractivity contribution >= 4 is 35.0 Å². The first-order valence-corrected chi connectivity index (χ1v) is 9.08. The van der Waals surface area contributed by atoms with E-state index >= 15 is 0 Å². The molecule has 6 nitrogen and oxygen atoms in total. The molecule has 2 amide bonds. The Kier molecular flexibility index (Phi) is 7.35. The number of carbonyl (C=O) groups excluding carboxylic acids is 2. The molecular weight excluding hydrogens is 352 g/mol. The minimum absolute atomic E-state index is 0.151. The van der Waals surface area contributed by atoms with Gasteiger partial charge >= 0.3 is 0 Å². The molecule has 26 heavy (non-hydrogen) atoms. The van der Waals surface area contributed by atoms with Crippen molar-refractivity contribution in [3.8, 4) is 11.5 Å². The monoisotopic (exact) mass is 374 g/mol. The number of hydrogen-bond acceptors (Lipinski definition) is 5. The molecule has 0 spiro atoms. The second-order valence-corrected chi connectivity index (χ2v) is 6.72. The van der Waals surface area contributed by atoms with Gasteiger partial charge in [0.2, 0.25) is 11.8 Å². The normalized spacial score (nSPS) is 11.3. The lowest BCUT2D eigenvalue weighted by molar-refractivity contribution is -0.115. The van der Waals surface area contributed by atoms with Crippen molar-refractivity contribution in [2.24, 2.45) is 0 Å². The Morgan fingerprint density at radius 3 is 1.96 bits per heavy atom. The molecule has 0 aliphatic carbocycles. The third-order valence-corrected chi connectivity index (χ3v) is 4.72. The Labute approximate surface area is 157 Å². The van der Waals surface area contributed by atoms with Gasteiger partial charge < -0.3 is 20.1 Å². The van der Waals surface area contributed by atoms with Gasteiger partial charge in [0, 0.05) is 0 Å². The van der Waals surface area contributed by atoms with Gasteiger partial charge in [-0.15, -0.1) is 11.8 Å². The molecule has 2 N–H and O–H groups in total. The van der Waals surface area contributed by atoms with Crippen LogP contribution in [0.5, 0.6) is 11.5 Å². The van der Waals surface area contributed by atoms with Crippen molar-refractivity contribution in [3.63, 3.8) is 0 Å². The summed E-state index contributed by atoms with van der Waals surface area (Å²) in [5.74, 6) is 0.944. The first-order valence-electron chi connectivity index (χ1n) is 8.03. The van der Waals surface area contributed by atoms with E-state index in [0.29, 0.717) is 22.9 Å². The van der Waals surface area contributed by atoms with E-state index in [0.717, 1.165) is 0 Å². The van der Waals surface area contributed by atoms with Gasteiger partial charge in [-0.25, -0.2) is 0 Å². The number of anilines is 2. The highest BCUT2D eigenvalue weighted by molar-refractivity contribution is 8.01. The van der Waals surface area contributed by atoms with E-state index in [4.69, 9.17) is 9.47 Å². The molecule has 0 bridgehead atoms. The van der Waals surface area contributed by atoms with Crippen molar-refractivity contribution < 1.29 is 19.1 Å². The zero-order chi connectivity index (χ0) is 18.9. The molecule has 2 aromatic rings. The molecule has 0 unspecified atom stereocenters. The second-order valence-electron chi connectivity index (χ2n) is 5.39. The van der Waals surface area contributed by atoms with E-state index in [1.807, 2.05) is 24.3 Å². The smallest absolute Gasteiger partial charge is 0.237 e. The maximum absolute atomic E-state index is 12.3. The summed E-state index contributed by atoms with van der Waals surface area (Å²) in [6.45, 7) is 1.76. The van der Waals surface area contributed by atoms with Gasteiger partial charge in [-0.2, -0.15) is 0 Å². The summed E-state index contributed by atoms with van der Waals surface area (Å²) in [4.78, 5) is 24.4. The maximum atomic E-state index is 12.3. The van der Waals surface area contributed by atoms with Crippen molar-refractivity contribution in [3.05, 3.63) is 48.5 Å². The summed E-state index contributed by atoms with van der Waals surface area (Å²) in [6, 6.07) is 14.4. The van der Waals surface area contributed by atoms with E-state index in [1.165, 1.54) is 11.8 Å². The Bertz CT molecular complexity index is 767. The number of nitrogens with one attached hydrogen (secondary N) is 2. The molecule has 0 aliphatic rings. The van der Waals surface area contributed by atoms with E-state index < -0.39 is 5.25 Å². The molecule has 0 aliphatic heterocycles. The molecule has 0 saturated carbocycles. The first-order chi connectivity index (χ1) is 12.5. The summed E-state index contributed by atoms with van der Waals surface area (Å²) in [5, 5.41) is 5.20. The number of ether oxygens (including phenoxy) is 2. The Morgan fingerprint density at radius 2 is 1.42 bits per heavy atom. The summed E-state index contributed by atoms with van der Waals surface area (Å²) >= 11 is 1.25. The number of thioether (sulfide) groups is 1. The van der Waals surface area contributed by atoms with Crippen LogP contribution in [0.4, 0.5) is 11.4 Å². The molecule has 7 heteroatoms. The highest BCUT2D eigenvalue weighted by Crippen LogP contribution is 2.25. The van der Waals surface area contributed by atoms with Crippen LogP contribution < -0.4 is 20.1 Å². The molecule has 138 valence electrons. The van der Waals surface area contributed by atoms with E-state index in [2.05, 4.69) is 10.6 Å². The maximum Gasteiger partial charge on any atom is 0.237 e. The van der Waals surface area contributed by atoms with Crippen LogP contribution in [0, 0.1) is 0 Å². The highest BCUT2D eigenvalue weighted by atomic mass is 32.2. The lowest BCUT2D eigenvalue weighted by atomic mass is 10.3. The lowest BCUT2D eigenvalue weighted by Gasteiger charge is -2.14. The first kappa shape index (κ1) is 19.7. The summed E-state index contributed by atoms with van der Waals surface area (Å²) in [6.07, 6.45) is 0. The van der Waals surface area contributed by atoms with Crippen LogP contribution in [0.3, 0.4) is 0 Å². The van der Waals surface area contributed by atoms with E-state index in [1.54, 1.807) is 45.4 Å². The Hall–Kier alpha value is -2.67. The number of para-hydroxylation sites is 4. The van der Waals surface area contributed by atoms with Crippen LogP contribution in [0.1, 0.15) is 6.92 Å². The zero-order valence-corrected chi connectivity index (χ0v) is 15.8. The molecule has 0 heterocycles. The van der Waals surface area contributed by atoms with Crippen molar-refractivity contribution in [2.75, 3.05) is 30.6 Å². The molecule has 0 saturated heterocycles. The van der Waals surface area contributed by atoms with Crippen LogP contribution in [-0.2, 0) is 9.59 Å². The Balaban J connectivity index is 1.86. The van der Waals surface area contributed by atoms with Crippen LogP contribution in [0.25, 0.3) is 0 Å². The average molecular weight is 374 g/mol. The quantitative estimate of drug-likeness (QED) is 0.741. The minimum Gasteiger partial charge on any atom is -0.495 e. The fourth-order valence-electron chi connectivity index (χ4n) is 2.19. The van der Waals surface area contributed by atoms with Gasteiger partial charge in [0.25, 0.3) is 0 Å². The number of rotatable bonds is 8. The molecule has 1 atom stereocenters. The molecular formula is C19H22N2O4S. The van der Waals surface area contributed by atoms with Crippen molar-refractivity contribution in [1.82, 2.24) is 0 Å². The summed E-state index contributed by atoms with van der Waals surface area (Å²) in [7, 11) is 3.09. The van der Waals surface area contributed by atoms with Crippen LogP contribution in [-0.4, -0.2) is 37.0 Å². The highest BCUT2D eigenvalue weighted by Gasteiger charge is 2.17. The number of benzene rings is 2. The van der Waals surface area contributed by atoms with Gasteiger partial charge in [0.1, 0.15) is 11.5 Å². The van der Waals surface area contributed by atoms with Gasteiger partial charge in [-0.1, -0.05) is 24.3 Å². The number of amides is 2. The van der Waals surface area contributed by atoms with Crippen LogP contribution in [0.2, 0.25) is 0 Å². The predicted molar refractivity (Wildman–Crippen MR) is 105 cm³/mol. The molecule has 2 rings (SSSR count). The van der Waals surface area contributed by atoms with Crippen LogP contribution in [0.15, 0.2) is 48.5 Å². The third-order valence-electron chi connectivity index (χ3n) is 3.58.